The Kier molecular flexibility index (Phi) is 3.49. The van der Waals surface area contributed by atoms with Gasteiger partial charge in [0, 0.05) is 29.0 Å². The SMILES string of the molecule is Nc1ccc(NCC2CCCO2)c(Br)c1. The van der Waals surface area contributed by atoms with E-state index in [1.54, 1.807) is 0 Å². The standard InChI is InChI=1S/C11H15BrN2O/c12-10-6-8(13)3-4-11(10)14-7-9-2-1-5-15-9/h3-4,6,9,14H,1-2,5,7,13H2. The first-order valence-electron chi connectivity index (χ1n) is 5.16. The number of benzene rings is 1. The predicted octanol–water partition coefficient (Wildman–Crippen LogP) is 2.62. The number of nitrogen functional groups attached to an aromatic ring is 1. The fourth-order valence-corrected chi connectivity index (χ4v) is 2.24. The maximum absolute atomic E-state index is 5.66. The van der Waals surface area contributed by atoms with Gasteiger partial charge in [-0.15, -0.1) is 0 Å². The first-order valence-corrected chi connectivity index (χ1v) is 5.95. The zero-order valence-corrected chi connectivity index (χ0v) is 10.1. The van der Waals surface area contributed by atoms with Crippen LogP contribution in [0.5, 0.6) is 0 Å². The van der Waals surface area contributed by atoms with Gasteiger partial charge < -0.3 is 15.8 Å². The number of anilines is 2. The Morgan fingerprint density at radius 1 is 1.53 bits per heavy atom. The largest absolute Gasteiger partial charge is 0.399 e. The van der Waals surface area contributed by atoms with E-state index in [1.807, 2.05) is 18.2 Å². The minimum absolute atomic E-state index is 0.356. The molecule has 1 aliphatic heterocycles. The van der Waals surface area contributed by atoms with Crippen molar-refractivity contribution in [3.63, 3.8) is 0 Å². The van der Waals surface area contributed by atoms with Gasteiger partial charge in [0.1, 0.15) is 0 Å². The molecule has 1 aromatic rings. The van der Waals surface area contributed by atoms with Gasteiger partial charge in [-0.1, -0.05) is 0 Å². The zero-order valence-electron chi connectivity index (χ0n) is 8.50. The van der Waals surface area contributed by atoms with E-state index in [0.717, 1.165) is 35.4 Å². The van der Waals surface area contributed by atoms with Crippen LogP contribution in [-0.4, -0.2) is 19.3 Å². The van der Waals surface area contributed by atoms with Crippen molar-refractivity contribution < 1.29 is 4.74 Å². The Bertz CT molecular complexity index is 337. The molecule has 0 spiro atoms. The van der Waals surface area contributed by atoms with Gasteiger partial charge in [0.05, 0.1) is 6.10 Å². The second kappa shape index (κ2) is 4.86. The van der Waals surface area contributed by atoms with Gasteiger partial charge in [-0.2, -0.15) is 0 Å². The lowest BCUT2D eigenvalue weighted by molar-refractivity contribution is 0.120. The van der Waals surface area contributed by atoms with Gasteiger partial charge in [-0.05, 0) is 47.0 Å². The minimum atomic E-state index is 0.356. The highest BCUT2D eigenvalue weighted by molar-refractivity contribution is 9.10. The summed E-state index contributed by atoms with van der Waals surface area (Å²) in [6.45, 7) is 1.76. The summed E-state index contributed by atoms with van der Waals surface area (Å²) >= 11 is 3.47. The molecule has 2 rings (SSSR count). The van der Waals surface area contributed by atoms with E-state index in [-0.39, 0.29) is 0 Å². The third kappa shape index (κ3) is 2.86. The topological polar surface area (TPSA) is 47.3 Å². The van der Waals surface area contributed by atoms with Crippen molar-refractivity contribution in [2.45, 2.75) is 18.9 Å². The quantitative estimate of drug-likeness (QED) is 0.831. The highest BCUT2D eigenvalue weighted by Crippen LogP contribution is 2.25. The van der Waals surface area contributed by atoms with Crippen LogP contribution in [0.4, 0.5) is 11.4 Å². The summed E-state index contributed by atoms with van der Waals surface area (Å²) in [5.41, 5.74) is 7.50. The molecule has 1 unspecified atom stereocenters. The third-order valence-corrected chi connectivity index (χ3v) is 3.19. The molecule has 0 radical (unpaired) electrons. The molecule has 1 heterocycles. The van der Waals surface area contributed by atoms with Crippen molar-refractivity contribution in [1.29, 1.82) is 0 Å². The average Bonchev–Trinajstić information content (AvgIpc) is 2.69. The predicted molar refractivity (Wildman–Crippen MR) is 66.0 cm³/mol. The lowest BCUT2D eigenvalue weighted by Gasteiger charge is -2.13. The summed E-state index contributed by atoms with van der Waals surface area (Å²) in [7, 11) is 0. The van der Waals surface area contributed by atoms with Gasteiger partial charge in [0.15, 0.2) is 0 Å². The normalized spacial score (nSPS) is 20.5. The molecule has 1 aliphatic rings. The molecule has 15 heavy (non-hydrogen) atoms. The van der Waals surface area contributed by atoms with Crippen molar-refractivity contribution in [3.8, 4) is 0 Å². The zero-order chi connectivity index (χ0) is 10.7. The maximum atomic E-state index is 5.66. The van der Waals surface area contributed by atoms with Gasteiger partial charge >= 0.3 is 0 Å². The van der Waals surface area contributed by atoms with Crippen LogP contribution >= 0.6 is 15.9 Å². The summed E-state index contributed by atoms with van der Waals surface area (Å²) in [4.78, 5) is 0. The number of hydrogen-bond donors (Lipinski definition) is 2. The van der Waals surface area contributed by atoms with Crippen molar-refractivity contribution in [1.82, 2.24) is 0 Å². The molecule has 1 atom stereocenters. The Hall–Kier alpha value is -0.740. The highest BCUT2D eigenvalue weighted by Gasteiger charge is 2.15. The van der Waals surface area contributed by atoms with Gasteiger partial charge in [-0.25, -0.2) is 0 Å². The van der Waals surface area contributed by atoms with Gasteiger partial charge in [0.25, 0.3) is 0 Å². The summed E-state index contributed by atoms with van der Waals surface area (Å²) < 4.78 is 6.54. The van der Waals surface area contributed by atoms with Crippen molar-refractivity contribution in [2.24, 2.45) is 0 Å². The first-order chi connectivity index (χ1) is 7.25. The minimum Gasteiger partial charge on any atom is -0.399 e. The number of halogens is 1. The molecule has 1 saturated heterocycles. The van der Waals surface area contributed by atoms with Crippen LogP contribution < -0.4 is 11.1 Å². The Balaban J connectivity index is 1.92. The lowest BCUT2D eigenvalue weighted by Crippen LogP contribution is -2.18. The highest BCUT2D eigenvalue weighted by atomic mass is 79.9. The van der Waals surface area contributed by atoms with Crippen LogP contribution in [0.3, 0.4) is 0 Å². The molecule has 0 aliphatic carbocycles. The van der Waals surface area contributed by atoms with Crippen LogP contribution in [0.1, 0.15) is 12.8 Å². The fourth-order valence-electron chi connectivity index (χ4n) is 1.70. The Labute approximate surface area is 98.1 Å². The number of rotatable bonds is 3. The lowest BCUT2D eigenvalue weighted by atomic mass is 10.2. The number of nitrogens with two attached hydrogens (primary N) is 1. The second-order valence-corrected chi connectivity index (χ2v) is 4.61. The van der Waals surface area contributed by atoms with Crippen molar-refractivity contribution in [2.75, 3.05) is 24.2 Å². The molecular weight excluding hydrogens is 256 g/mol. The molecule has 1 aromatic carbocycles. The van der Waals surface area contributed by atoms with E-state index < -0.39 is 0 Å². The van der Waals surface area contributed by atoms with Gasteiger partial charge in [-0.3, -0.25) is 0 Å². The van der Waals surface area contributed by atoms with Crippen LogP contribution in [0.2, 0.25) is 0 Å². The monoisotopic (exact) mass is 270 g/mol. The number of hydrogen-bond acceptors (Lipinski definition) is 3. The molecule has 3 nitrogen and oxygen atoms in total. The van der Waals surface area contributed by atoms with E-state index in [2.05, 4.69) is 21.2 Å². The van der Waals surface area contributed by atoms with E-state index in [4.69, 9.17) is 10.5 Å². The van der Waals surface area contributed by atoms with Crippen LogP contribution in [0, 0.1) is 0 Å². The molecule has 0 bridgehead atoms. The Morgan fingerprint density at radius 3 is 3.07 bits per heavy atom. The summed E-state index contributed by atoms with van der Waals surface area (Å²) in [6, 6.07) is 5.77. The van der Waals surface area contributed by atoms with Crippen LogP contribution in [0.25, 0.3) is 0 Å². The number of ether oxygens (including phenoxy) is 1. The smallest absolute Gasteiger partial charge is 0.0748 e. The van der Waals surface area contributed by atoms with Crippen LogP contribution in [-0.2, 0) is 4.74 Å². The summed E-state index contributed by atoms with van der Waals surface area (Å²) in [6.07, 6.45) is 2.68. The fraction of sp³-hybridized carbons (Fsp3) is 0.455. The first kappa shape index (κ1) is 10.8. The molecule has 0 aromatic heterocycles. The van der Waals surface area contributed by atoms with E-state index in [0.29, 0.717) is 6.10 Å². The summed E-state index contributed by atoms with van der Waals surface area (Å²) in [5, 5.41) is 3.35. The molecule has 3 N–H and O–H groups in total. The van der Waals surface area contributed by atoms with Crippen molar-refractivity contribution in [3.05, 3.63) is 22.7 Å². The number of nitrogens with one attached hydrogen (secondary N) is 1. The van der Waals surface area contributed by atoms with Crippen molar-refractivity contribution >= 4 is 27.3 Å². The Morgan fingerprint density at radius 2 is 2.40 bits per heavy atom. The van der Waals surface area contributed by atoms with E-state index in [9.17, 15) is 0 Å². The van der Waals surface area contributed by atoms with E-state index in [1.165, 1.54) is 6.42 Å². The summed E-state index contributed by atoms with van der Waals surface area (Å²) in [5.74, 6) is 0. The van der Waals surface area contributed by atoms with Gasteiger partial charge in [0.2, 0.25) is 0 Å². The molecule has 4 heteroatoms. The van der Waals surface area contributed by atoms with Crippen LogP contribution in [0.15, 0.2) is 22.7 Å². The third-order valence-electron chi connectivity index (χ3n) is 2.54. The molecule has 1 fully saturated rings. The molecular formula is C11H15BrN2O. The average molecular weight is 271 g/mol. The van der Waals surface area contributed by atoms with E-state index >= 15 is 0 Å². The molecule has 82 valence electrons. The molecule has 0 saturated carbocycles. The second-order valence-electron chi connectivity index (χ2n) is 3.76. The molecule has 0 amide bonds. The maximum Gasteiger partial charge on any atom is 0.0748 e.